The van der Waals surface area contributed by atoms with E-state index in [-0.39, 0.29) is 0 Å². The van der Waals surface area contributed by atoms with Crippen LogP contribution in [0.15, 0.2) is 47.6 Å². The van der Waals surface area contributed by atoms with E-state index in [0.29, 0.717) is 5.41 Å². The first-order valence-corrected chi connectivity index (χ1v) is 11.8. The van der Waals surface area contributed by atoms with E-state index in [1.165, 1.54) is 88.2 Å². The first-order valence-electron chi connectivity index (χ1n) is 11.8. The van der Waals surface area contributed by atoms with Crippen molar-refractivity contribution in [2.75, 3.05) is 0 Å². The van der Waals surface area contributed by atoms with Crippen molar-refractivity contribution in [3.8, 4) is 0 Å². The van der Waals surface area contributed by atoms with Crippen molar-refractivity contribution in [1.29, 1.82) is 0 Å². The van der Waals surface area contributed by atoms with E-state index in [1.54, 1.807) is 5.57 Å². The maximum atomic E-state index is 4.31. The highest BCUT2D eigenvalue weighted by Gasteiger charge is 2.50. The summed E-state index contributed by atoms with van der Waals surface area (Å²) in [5.41, 5.74) is 5.21. The second kappa shape index (κ2) is 8.14. The molecular formula is C27H40. The number of rotatable bonds is 5. The fraction of sp³-hybridized carbons (Fsp3) is 0.704. The normalized spacial score (nSPS) is 38.7. The van der Waals surface area contributed by atoms with Gasteiger partial charge in [-0.25, -0.2) is 0 Å². The van der Waals surface area contributed by atoms with Crippen molar-refractivity contribution >= 4 is 0 Å². The van der Waals surface area contributed by atoms with E-state index in [4.69, 9.17) is 0 Å². The van der Waals surface area contributed by atoms with E-state index in [1.807, 2.05) is 0 Å². The maximum Gasteiger partial charge on any atom is -0.0143 e. The summed E-state index contributed by atoms with van der Waals surface area (Å²) in [6.07, 6.45) is 26.5. The highest BCUT2D eigenvalue weighted by molar-refractivity contribution is 5.35. The van der Waals surface area contributed by atoms with Crippen LogP contribution >= 0.6 is 0 Å². The lowest BCUT2D eigenvalue weighted by molar-refractivity contribution is 0.112. The van der Waals surface area contributed by atoms with Crippen molar-refractivity contribution in [3.05, 3.63) is 47.6 Å². The SMILES string of the molecule is C=C1CCCCC1=CC=C1CCC[C@]2(C)[C@@H]([C@H](C)C=CCC3CC3)CC[C@@H]12. The van der Waals surface area contributed by atoms with Crippen LogP contribution in [0.1, 0.15) is 90.9 Å². The Morgan fingerprint density at radius 2 is 1.85 bits per heavy atom. The second-order valence-corrected chi connectivity index (χ2v) is 10.3. The molecule has 4 saturated carbocycles. The summed E-state index contributed by atoms with van der Waals surface area (Å²) in [7, 11) is 0. The molecule has 4 aliphatic carbocycles. The molecule has 0 spiro atoms. The van der Waals surface area contributed by atoms with Gasteiger partial charge in [-0.1, -0.05) is 55.9 Å². The van der Waals surface area contributed by atoms with Crippen molar-refractivity contribution in [3.63, 3.8) is 0 Å². The van der Waals surface area contributed by atoms with E-state index in [2.05, 4.69) is 44.7 Å². The lowest BCUT2D eigenvalue weighted by Gasteiger charge is -2.44. The lowest BCUT2D eigenvalue weighted by Crippen LogP contribution is -2.35. The maximum absolute atomic E-state index is 4.31. The smallest absolute Gasteiger partial charge is 0.0143 e. The van der Waals surface area contributed by atoms with Crippen LogP contribution < -0.4 is 0 Å². The minimum atomic E-state index is 0.523. The number of hydrogen-bond donors (Lipinski definition) is 0. The molecule has 0 aromatic heterocycles. The highest BCUT2D eigenvalue weighted by Crippen LogP contribution is 2.59. The third-order valence-electron chi connectivity index (χ3n) is 8.41. The summed E-state index contributed by atoms with van der Waals surface area (Å²) in [6, 6.07) is 0. The zero-order chi connectivity index (χ0) is 18.9. The Morgan fingerprint density at radius 3 is 2.63 bits per heavy atom. The van der Waals surface area contributed by atoms with Crippen LogP contribution in [0, 0.1) is 29.1 Å². The van der Waals surface area contributed by atoms with Crippen molar-refractivity contribution < 1.29 is 0 Å². The molecule has 0 unspecified atom stereocenters. The van der Waals surface area contributed by atoms with Gasteiger partial charge in [0.25, 0.3) is 0 Å². The Balaban J connectivity index is 1.46. The van der Waals surface area contributed by atoms with Gasteiger partial charge < -0.3 is 0 Å². The fourth-order valence-electron chi connectivity index (χ4n) is 6.52. The Bertz CT molecular complexity index is 641. The van der Waals surface area contributed by atoms with Crippen molar-refractivity contribution in [2.45, 2.75) is 90.9 Å². The van der Waals surface area contributed by atoms with Crippen LogP contribution in [0.4, 0.5) is 0 Å². The highest BCUT2D eigenvalue weighted by atomic mass is 14.5. The molecule has 148 valence electrons. The number of fused-ring (bicyclic) bond motifs is 1. The van der Waals surface area contributed by atoms with Crippen LogP contribution in [-0.4, -0.2) is 0 Å². The van der Waals surface area contributed by atoms with Gasteiger partial charge in [-0.05, 0) is 112 Å². The van der Waals surface area contributed by atoms with Crippen LogP contribution in [-0.2, 0) is 0 Å². The molecule has 4 fully saturated rings. The van der Waals surface area contributed by atoms with E-state index in [9.17, 15) is 0 Å². The van der Waals surface area contributed by atoms with E-state index >= 15 is 0 Å². The molecule has 0 aromatic carbocycles. The van der Waals surface area contributed by atoms with Gasteiger partial charge in [-0.2, -0.15) is 0 Å². The van der Waals surface area contributed by atoms with Gasteiger partial charge in [0.2, 0.25) is 0 Å². The molecule has 0 saturated heterocycles. The predicted molar refractivity (Wildman–Crippen MR) is 118 cm³/mol. The molecule has 0 radical (unpaired) electrons. The third kappa shape index (κ3) is 4.20. The molecule has 0 heteroatoms. The topological polar surface area (TPSA) is 0 Å². The number of hydrogen-bond acceptors (Lipinski definition) is 0. The van der Waals surface area contributed by atoms with Crippen LogP contribution in [0.2, 0.25) is 0 Å². The molecule has 27 heavy (non-hydrogen) atoms. The molecule has 0 amide bonds. The van der Waals surface area contributed by atoms with Gasteiger partial charge in [0.15, 0.2) is 0 Å². The summed E-state index contributed by atoms with van der Waals surface area (Å²) in [5.74, 6) is 3.46. The molecule has 4 rings (SSSR count). The van der Waals surface area contributed by atoms with Gasteiger partial charge >= 0.3 is 0 Å². The summed E-state index contributed by atoms with van der Waals surface area (Å²) in [4.78, 5) is 0. The number of allylic oxidation sites excluding steroid dienone is 7. The predicted octanol–water partition coefficient (Wildman–Crippen LogP) is 8.18. The molecular weight excluding hydrogens is 324 g/mol. The van der Waals surface area contributed by atoms with E-state index < -0.39 is 0 Å². The van der Waals surface area contributed by atoms with Gasteiger partial charge in [0.1, 0.15) is 0 Å². The molecule has 0 aliphatic heterocycles. The Labute approximate surface area is 167 Å². The average Bonchev–Trinajstić information content (AvgIpc) is 3.40. The quantitative estimate of drug-likeness (QED) is 0.431. The van der Waals surface area contributed by atoms with Gasteiger partial charge in [0.05, 0.1) is 0 Å². The standard InChI is InChI=1S/C27H40/c1-20-8-4-5-11-23(20)15-16-24-12-7-19-27(3)25(17-18-26(24)27)21(2)9-6-10-22-13-14-22/h6,9,15-16,21-22,25-26H,1,4-5,7-8,10-14,17-19H2,2-3H3/t21-,25-,26+,27-/m1/s1. The minimum Gasteiger partial charge on any atom is -0.0956 e. The average molecular weight is 365 g/mol. The third-order valence-corrected chi connectivity index (χ3v) is 8.41. The zero-order valence-corrected chi connectivity index (χ0v) is 17.8. The summed E-state index contributed by atoms with van der Waals surface area (Å²) < 4.78 is 0. The van der Waals surface area contributed by atoms with Gasteiger partial charge in [-0.3, -0.25) is 0 Å². The summed E-state index contributed by atoms with van der Waals surface area (Å²) >= 11 is 0. The van der Waals surface area contributed by atoms with Gasteiger partial charge in [0, 0.05) is 0 Å². The molecule has 0 bridgehead atoms. The Morgan fingerprint density at radius 1 is 1.04 bits per heavy atom. The largest absolute Gasteiger partial charge is 0.0956 e. The molecule has 0 heterocycles. The van der Waals surface area contributed by atoms with Crippen molar-refractivity contribution in [1.82, 2.24) is 0 Å². The van der Waals surface area contributed by atoms with Crippen LogP contribution in [0.25, 0.3) is 0 Å². The molecule has 0 nitrogen and oxygen atoms in total. The molecule has 4 atom stereocenters. The first-order chi connectivity index (χ1) is 13.1. The minimum absolute atomic E-state index is 0.523. The zero-order valence-electron chi connectivity index (χ0n) is 17.8. The molecule has 0 aromatic rings. The van der Waals surface area contributed by atoms with Gasteiger partial charge in [-0.15, -0.1) is 0 Å². The van der Waals surface area contributed by atoms with Crippen LogP contribution in [0.5, 0.6) is 0 Å². The fourth-order valence-corrected chi connectivity index (χ4v) is 6.52. The molecule has 4 aliphatic rings. The van der Waals surface area contributed by atoms with E-state index in [0.717, 1.165) is 23.7 Å². The van der Waals surface area contributed by atoms with Crippen LogP contribution in [0.3, 0.4) is 0 Å². The van der Waals surface area contributed by atoms with Crippen molar-refractivity contribution in [2.24, 2.45) is 29.1 Å². The summed E-state index contributed by atoms with van der Waals surface area (Å²) in [6.45, 7) is 9.43. The first kappa shape index (κ1) is 19.3. The second-order valence-electron chi connectivity index (χ2n) is 10.3. The Kier molecular flexibility index (Phi) is 5.81. The molecule has 0 N–H and O–H groups in total. The summed E-state index contributed by atoms with van der Waals surface area (Å²) in [5, 5.41) is 0. The Hall–Kier alpha value is -1.04. The lowest BCUT2D eigenvalue weighted by atomic mass is 9.61. The monoisotopic (exact) mass is 364 g/mol.